The van der Waals surface area contributed by atoms with Crippen molar-refractivity contribution in [1.29, 1.82) is 5.26 Å². The predicted octanol–water partition coefficient (Wildman–Crippen LogP) is 1.41. The number of nitrogens with zero attached hydrogens (tertiary/aromatic N) is 4. The molecular formula is C18H17N5O6S. The molecule has 2 aromatic rings. The number of sulfonamides is 1. The van der Waals surface area contributed by atoms with E-state index in [-0.39, 0.29) is 18.0 Å². The van der Waals surface area contributed by atoms with Crippen molar-refractivity contribution in [1.82, 2.24) is 5.43 Å². The van der Waals surface area contributed by atoms with E-state index >= 15 is 0 Å². The van der Waals surface area contributed by atoms with Crippen molar-refractivity contribution in [3.63, 3.8) is 0 Å². The number of rotatable bonds is 9. The Morgan fingerprint density at radius 3 is 2.63 bits per heavy atom. The lowest BCUT2D eigenvalue weighted by molar-refractivity contribution is -0.384. The second-order valence-electron chi connectivity index (χ2n) is 5.86. The van der Waals surface area contributed by atoms with E-state index < -0.39 is 27.4 Å². The van der Waals surface area contributed by atoms with Crippen molar-refractivity contribution in [3.8, 4) is 11.8 Å². The topological polar surface area (TPSA) is 155 Å². The minimum atomic E-state index is -3.88. The Balaban J connectivity index is 2.05. The van der Waals surface area contributed by atoms with Crippen molar-refractivity contribution in [2.75, 3.05) is 23.7 Å². The normalized spacial score (nSPS) is 10.9. The summed E-state index contributed by atoms with van der Waals surface area (Å²) in [6.45, 7) is -0.691. The first-order valence-corrected chi connectivity index (χ1v) is 10.2. The Morgan fingerprint density at radius 1 is 1.33 bits per heavy atom. The van der Waals surface area contributed by atoms with Gasteiger partial charge in [0.25, 0.3) is 11.6 Å². The average Bonchev–Trinajstić information content (AvgIpc) is 2.70. The lowest BCUT2D eigenvalue weighted by Crippen LogP contribution is -2.39. The second kappa shape index (κ2) is 9.99. The number of carbonyl (C=O) groups excluding carboxylic acids is 1. The van der Waals surface area contributed by atoms with Crippen LogP contribution in [0, 0.1) is 21.4 Å². The van der Waals surface area contributed by atoms with Crippen LogP contribution in [0.5, 0.6) is 5.75 Å². The van der Waals surface area contributed by atoms with Gasteiger partial charge >= 0.3 is 0 Å². The third-order valence-electron chi connectivity index (χ3n) is 3.60. The zero-order valence-electron chi connectivity index (χ0n) is 15.8. The SMILES string of the molecule is CS(=O)(=O)N(CC(=O)N/N=C\c1ccc(OCC#N)cc1)c1cccc([N+](=O)[O-])c1. The van der Waals surface area contributed by atoms with E-state index in [1.807, 2.05) is 6.07 Å². The molecule has 0 aliphatic rings. The fourth-order valence-corrected chi connectivity index (χ4v) is 3.12. The Kier molecular flexibility index (Phi) is 7.43. The van der Waals surface area contributed by atoms with E-state index in [0.717, 1.165) is 16.6 Å². The van der Waals surface area contributed by atoms with E-state index in [4.69, 9.17) is 10.00 Å². The van der Waals surface area contributed by atoms with Crippen LogP contribution in [-0.4, -0.2) is 44.9 Å². The molecule has 11 nitrogen and oxygen atoms in total. The number of nitrogens with one attached hydrogen (secondary N) is 1. The summed E-state index contributed by atoms with van der Waals surface area (Å²) < 4.78 is 30.0. The van der Waals surface area contributed by atoms with Gasteiger partial charge in [0.2, 0.25) is 10.0 Å². The first-order chi connectivity index (χ1) is 14.2. The maximum Gasteiger partial charge on any atom is 0.271 e. The summed E-state index contributed by atoms with van der Waals surface area (Å²) in [6.07, 6.45) is 2.22. The third kappa shape index (κ3) is 6.57. The zero-order chi connectivity index (χ0) is 22.1. The van der Waals surface area contributed by atoms with E-state index in [2.05, 4.69) is 10.5 Å². The number of nitro groups is 1. The van der Waals surface area contributed by atoms with Crippen LogP contribution in [0.3, 0.4) is 0 Å². The number of nitro benzene ring substituents is 1. The van der Waals surface area contributed by atoms with Gasteiger partial charge in [0.1, 0.15) is 18.4 Å². The molecule has 30 heavy (non-hydrogen) atoms. The molecule has 0 aromatic heterocycles. The summed E-state index contributed by atoms with van der Waals surface area (Å²) in [5, 5.41) is 23.1. The van der Waals surface area contributed by atoms with Crippen LogP contribution in [0.25, 0.3) is 0 Å². The maximum atomic E-state index is 12.1. The molecule has 0 aliphatic heterocycles. The Bertz CT molecular complexity index is 1090. The Hall–Kier alpha value is -3.98. The summed E-state index contributed by atoms with van der Waals surface area (Å²) in [5.41, 5.74) is 2.51. The van der Waals surface area contributed by atoms with E-state index in [1.165, 1.54) is 24.4 Å². The summed E-state index contributed by atoms with van der Waals surface area (Å²) in [7, 11) is -3.88. The van der Waals surface area contributed by atoms with Gasteiger partial charge in [0.05, 0.1) is 23.1 Å². The highest BCUT2D eigenvalue weighted by atomic mass is 32.2. The number of amides is 1. The molecule has 0 spiro atoms. The Morgan fingerprint density at radius 2 is 2.03 bits per heavy atom. The van der Waals surface area contributed by atoms with Gasteiger partial charge in [-0.25, -0.2) is 13.8 Å². The first-order valence-electron chi connectivity index (χ1n) is 8.34. The van der Waals surface area contributed by atoms with E-state index in [9.17, 15) is 23.3 Å². The van der Waals surface area contributed by atoms with Gasteiger partial charge in [-0.15, -0.1) is 0 Å². The molecule has 0 aliphatic carbocycles. The lowest BCUT2D eigenvalue weighted by Gasteiger charge is -2.21. The highest BCUT2D eigenvalue weighted by Gasteiger charge is 2.22. The van der Waals surface area contributed by atoms with Gasteiger partial charge in [0, 0.05) is 12.1 Å². The molecule has 0 saturated heterocycles. The van der Waals surface area contributed by atoms with Crippen LogP contribution >= 0.6 is 0 Å². The monoisotopic (exact) mass is 431 g/mol. The van der Waals surface area contributed by atoms with Crippen LogP contribution in [0.1, 0.15) is 5.56 Å². The van der Waals surface area contributed by atoms with Crippen molar-refractivity contribution >= 4 is 33.5 Å². The number of carbonyl (C=O) groups is 1. The van der Waals surface area contributed by atoms with Gasteiger partial charge in [-0.05, 0) is 35.9 Å². The molecule has 1 N–H and O–H groups in total. The lowest BCUT2D eigenvalue weighted by atomic mass is 10.2. The summed E-state index contributed by atoms with van der Waals surface area (Å²) >= 11 is 0. The molecule has 12 heteroatoms. The predicted molar refractivity (Wildman–Crippen MR) is 109 cm³/mol. The van der Waals surface area contributed by atoms with Crippen LogP contribution in [0.4, 0.5) is 11.4 Å². The maximum absolute atomic E-state index is 12.1. The van der Waals surface area contributed by atoms with Gasteiger partial charge in [-0.3, -0.25) is 19.2 Å². The second-order valence-corrected chi connectivity index (χ2v) is 7.76. The largest absolute Gasteiger partial charge is 0.479 e. The number of hydrazone groups is 1. The van der Waals surface area contributed by atoms with Crippen molar-refractivity contribution in [2.24, 2.45) is 5.10 Å². The smallest absolute Gasteiger partial charge is 0.271 e. The van der Waals surface area contributed by atoms with Crippen LogP contribution < -0.4 is 14.5 Å². The number of ether oxygens (including phenoxy) is 1. The summed E-state index contributed by atoms with van der Waals surface area (Å²) in [6, 6.07) is 13.3. The number of anilines is 1. The number of hydrogen-bond donors (Lipinski definition) is 1. The number of hydrogen-bond acceptors (Lipinski definition) is 8. The molecule has 2 aromatic carbocycles. The molecule has 0 bridgehead atoms. The molecule has 0 saturated carbocycles. The highest BCUT2D eigenvalue weighted by Crippen LogP contribution is 2.22. The fourth-order valence-electron chi connectivity index (χ4n) is 2.27. The Labute approximate surface area is 172 Å². The standard InChI is InChI=1S/C18H17N5O6S/c1-30(27,28)22(15-3-2-4-16(11-15)23(25)26)13-18(24)21-20-12-14-5-7-17(8-6-14)29-10-9-19/h2-8,11-12H,10,13H2,1H3,(H,21,24)/b20-12-. The van der Waals surface area contributed by atoms with Crippen molar-refractivity contribution < 1.29 is 22.9 Å². The van der Waals surface area contributed by atoms with Crippen LogP contribution in [0.15, 0.2) is 53.6 Å². The minimum absolute atomic E-state index is 0.0150. The van der Waals surface area contributed by atoms with Crippen LogP contribution in [-0.2, 0) is 14.8 Å². The fraction of sp³-hybridized carbons (Fsp3) is 0.167. The summed E-state index contributed by atoms with van der Waals surface area (Å²) in [4.78, 5) is 22.4. The van der Waals surface area contributed by atoms with Crippen molar-refractivity contribution in [2.45, 2.75) is 0 Å². The first kappa shape index (κ1) is 22.3. The zero-order valence-corrected chi connectivity index (χ0v) is 16.6. The van der Waals surface area contributed by atoms with E-state index in [0.29, 0.717) is 11.3 Å². The number of benzene rings is 2. The quantitative estimate of drug-likeness (QED) is 0.357. The molecule has 0 unspecified atom stereocenters. The van der Waals surface area contributed by atoms with Gasteiger partial charge < -0.3 is 4.74 Å². The highest BCUT2D eigenvalue weighted by molar-refractivity contribution is 7.92. The molecule has 0 radical (unpaired) electrons. The number of nitriles is 1. The summed E-state index contributed by atoms with van der Waals surface area (Å²) in [5.74, 6) is -0.240. The van der Waals surface area contributed by atoms with Gasteiger partial charge in [-0.2, -0.15) is 10.4 Å². The number of non-ortho nitro benzene ring substituents is 1. The molecule has 156 valence electrons. The van der Waals surface area contributed by atoms with Crippen LogP contribution in [0.2, 0.25) is 0 Å². The van der Waals surface area contributed by atoms with E-state index in [1.54, 1.807) is 24.3 Å². The molecule has 1 amide bonds. The molecular weight excluding hydrogens is 414 g/mol. The third-order valence-corrected chi connectivity index (χ3v) is 4.74. The molecule has 0 fully saturated rings. The molecule has 0 atom stereocenters. The van der Waals surface area contributed by atoms with Crippen molar-refractivity contribution in [3.05, 3.63) is 64.2 Å². The molecule has 2 rings (SSSR count). The van der Waals surface area contributed by atoms with Gasteiger partial charge in [-0.1, -0.05) is 6.07 Å². The minimum Gasteiger partial charge on any atom is -0.479 e. The van der Waals surface area contributed by atoms with Gasteiger partial charge in [0.15, 0.2) is 6.61 Å². The average molecular weight is 431 g/mol. The molecule has 0 heterocycles.